The third-order valence-electron chi connectivity index (χ3n) is 2.56. The van der Waals surface area contributed by atoms with E-state index in [1.54, 1.807) is 12.3 Å². The molecule has 0 amide bonds. The van der Waals surface area contributed by atoms with Gasteiger partial charge in [0.1, 0.15) is 5.15 Å². The Morgan fingerprint density at radius 3 is 2.79 bits per heavy atom. The van der Waals surface area contributed by atoms with Gasteiger partial charge < -0.3 is 5.32 Å². The van der Waals surface area contributed by atoms with Crippen LogP contribution in [0.5, 0.6) is 0 Å². The lowest BCUT2D eigenvalue weighted by molar-refractivity contribution is 0.461. The number of hydrogen-bond acceptors (Lipinski definition) is 3. The molecule has 1 aliphatic rings. The lowest BCUT2D eigenvalue weighted by Gasteiger charge is -2.22. The Balaban J connectivity index is 1.95. The quantitative estimate of drug-likeness (QED) is 0.765. The maximum absolute atomic E-state index is 5.77. The Bertz CT molecular complexity index is 297. The van der Waals surface area contributed by atoms with Crippen LogP contribution in [0.4, 0.5) is 5.95 Å². The summed E-state index contributed by atoms with van der Waals surface area (Å²) in [5.41, 5.74) is 0. The van der Waals surface area contributed by atoms with Crippen LogP contribution in [0.15, 0.2) is 12.3 Å². The summed E-state index contributed by atoms with van der Waals surface area (Å²) >= 11 is 5.77. The third kappa shape index (κ3) is 2.58. The van der Waals surface area contributed by atoms with Crippen molar-refractivity contribution in [1.82, 2.24) is 9.97 Å². The van der Waals surface area contributed by atoms with Crippen LogP contribution in [0.3, 0.4) is 0 Å². The van der Waals surface area contributed by atoms with Gasteiger partial charge >= 0.3 is 0 Å². The zero-order valence-electron chi connectivity index (χ0n) is 8.04. The van der Waals surface area contributed by atoms with Gasteiger partial charge in [0.15, 0.2) is 0 Å². The molecular formula is C10H14ClN3. The highest BCUT2D eigenvalue weighted by atomic mass is 35.5. The zero-order chi connectivity index (χ0) is 9.80. The number of nitrogens with one attached hydrogen (secondary N) is 1. The molecular weight excluding hydrogens is 198 g/mol. The largest absolute Gasteiger partial charge is 0.351 e. The smallest absolute Gasteiger partial charge is 0.224 e. The second-order valence-corrected chi connectivity index (χ2v) is 4.07. The minimum absolute atomic E-state index is 0.498. The number of anilines is 1. The van der Waals surface area contributed by atoms with E-state index in [9.17, 15) is 0 Å². The molecule has 1 aromatic heterocycles. The van der Waals surface area contributed by atoms with Gasteiger partial charge in [-0.05, 0) is 18.9 Å². The standard InChI is InChI=1S/C10H14ClN3/c11-9-6-7-12-10(14-9)13-8-4-2-1-3-5-8/h6-8H,1-5H2,(H,12,13,14). The van der Waals surface area contributed by atoms with Crippen molar-refractivity contribution < 1.29 is 0 Å². The molecule has 0 aliphatic heterocycles. The van der Waals surface area contributed by atoms with E-state index in [1.807, 2.05) is 0 Å². The van der Waals surface area contributed by atoms with E-state index in [0.29, 0.717) is 17.1 Å². The molecule has 0 radical (unpaired) electrons. The summed E-state index contributed by atoms with van der Waals surface area (Å²) in [5, 5.41) is 3.81. The molecule has 1 heterocycles. The van der Waals surface area contributed by atoms with Crippen molar-refractivity contribution in [2.45, 2.75) is 38.1 Å². The molecule has 0 saturated heterocycles. The number of rotatable bonds is 2. The highest BCUT2D eigenvalue weighted by Gasteiger charge is 2.13. The molecule has 3 nitrogen and oxygen atoms in total. The van der Waals surface area contributed by atoms with Crippen LogP contribution in [0.1, 0.15) is 32.1 Å². The Morgan fingerprint density at radius 1 is 1.29 bits per heavy atom. The molecule has 0 aromatic carbocycles. The molecule has 0 unspecified atom stereocenters. The maximum Gasteiger partial charge on any atom is 0.224 e. The van der Waals surface area contributed by atoms with Gasteiger partial charge in [0.2, 0.25) is 5.95 Å². The lowest BCUT2D eigenvalue weighted by atomic mass is 9.96. The maximum atomic E-state index is 5.77. The zero-order valence-corrected chi connectivity index (χ0v) is 8.80. The van der Waals surface area contributed by atoms with Crippen LogP contribution in [-0.2, 0) is 0 Å². The first-order valence-corrected chi connectivity index (χ1v) is 5.47. The first-order chi connectivity index (χ1) is 6.84. The summed E-state index contributed by atoms with van der Waals surface area (Å²) in [6.07, 6.45) is 8.08. The molecule has 2 rings (SSSR count). The van der Waals surface area contributed by atoms with Crippen LogP contribution < -0.4 is 5.32 Å². The monoisotopic (exact) mass is 211 g/mol. The van der Waals surface area contributed by atoms with Crippen LogP contribution in [-0.4, -0.2) is 16.0 Å². The van der Waals surface area contributed by atoms with Crippen molar-refractivity contribution in [2.75, 3.05) is 5.32 Å². The second-order valence-electron chi connectivity index (χ2n) is 3.68. The molecule has 0 spiro atoms. The van der Waals surface area contributed by atoms with E-state index in [2.05, 4.69) is 15.3 Å². The SMILES string of the molecule is Clc1ccnc(NC2CCCCC2)n1. The van der Waals surface area contributed by atoms with Crippen molar-refractivity contribution in [3.63, 3.8) is 0 Å². The van der Waals surface area contributed by atoms with E-state index >= 15 is 0 Å². The summed E-state index contributed by atoms with van der Waals surface area (Å²) in [4.78, 5) is 8.24. The third-order valence-corrected chi connectivity index (χ3v) is 2.77. The topological polar surface area (TPSA) is 37.8 Å². The van der Waals surface area contributed by atoms with E-state index in [1.165, 1.54) is 32.1 Å². The number of aromatic nitrogens is 2. The van der Waals surface area contributed by atoms with Crippen LogP contribution in [0.2, 0.25) is 5.15 Å². The highest BCUT2D eigenvalue weighted by Crippen LogP contribution is 2.20. The number of hydrogen-bond donors (Lipinski definition) is 1. The Kier molecular flexibility index (Phi) is 3.19. The van der Waals surface area contributed by atoms with E-state index in [-0.39, 0.29) is 0 Å². The molecule has 1 aromatic rings. The fourth-order valence-corrected chi connectivity index (χ4v) is 1.97. The van der Waals surface area contributed by atoms with Crippen LogP contribution in [0, 0.1) is 0 Å². The lowest BCUT2D eigenvalue weighted by Crippen LogP contribution is -2.23. The van der Waals surface area contributed by atoms with Crippen molar-refractivity contribution in [2.24, 2.45) is 0 Å². The summed E-state index contributed by atoms with van der Waals surface area (Å²) in [6, 6.07) is 2.22. The summed E-state index contributed by atoms with van der Waals surface area (Å²) in [5.74, 6) is 0.657. The molecule has 76 valence electrons. The molecule has 0 bridgehead atoms. The second kappa shape index (κ2) is 4.60. The van der Waals surface area contributed by atoms with E-state index < -0.39 is 0 Å². The van der Waals surface area contributed by atoms with Gasteiger partial charge in [-0.25, -0.2) is 9.97 Å². The van der Waals surface area contributed by atoms with E-state index in [4.69, 9.17) is 11.6 Å². The average Bonchev–Trinajstić information content (AvgIpc) is 2.19. The molecule has 14 heavy (non-hydrogen) atoms. The summed E-state index contributed by atoms with van der Waals surface area (Å²) in [7, 11) is 0. The van der Waals surface area contributed by atoms with Gasteiger partial charge in [-0.1, -0.05) is 30.9 Å². The normalized spacial score (nSPS) is 18.1. The van der Waals surface area contributed by atoms with Crippen molar-refractivity contribution in [3.8, 4) is 0 Å². The first-order valence-electron chi connectivity index (χ1n) is 5.10. The average molecular weight is 212 g/mol. The van der Waals surface area contributed by atoms with Crippen molar-refractivity contribution in [1.29, 1.82) is 0 Å². The molecule has 0 atom stereocenters. The van der Waals surface area contributed by atoms with Gasteiger partial charge in [-0.15, -0.1) is 0 Å². The molecule has 1 aliphatic carbocycles. The van der Waals surface area contributed by atoms with Gasteiger partial charge in [0.25, 0.3) is 0 Å². The van der Waals surface area contributed by atoms with Crippen molar-refractivity contribution >= 4 is 17.5 Å². The minimum Gasteiger partial charge on any atom is -0.351 e. The Hall–Kier alpha value is -0.830. The van der Waals surface area contributed by atoms with E-state index in [0.717, 1.165) is 0 Å². The summed E-state index contributed by atoms with van der Waals surface area (Å²) in [6.45, 7) is 0. The van der Waals surface area contributed by atoms with Gasteiger partial charge in [-0.3, -0.25) is 0 Å². The molecule has 4 heteroatoms. The fraction of sp³-hybridized carbons (Fsp3) is 0.600. The molecule has 1 N–H and O–H groups in total. The predicted octanol–water partition coefficient (Wildman–Crippen LogP) is 2.87. The number of nitrogens with zero attached hydrogens (tertiary/aromatic N) is 2. The predicted molar refractivity (Wildman–Crippen MR) is 57.5 cm³/mol. The van der Waals surface area contributed by atoms with Crippen LogP contribution >= 0.6 is 11.6 Å². The Labute approximate surface area is 88.9 Å². The minimum atomic E-state index is 0.498. The van der Waals surface area contributed by atoms with Gasteiger partial charge in [-0.2, -0.15) is 0 Å². The first kappa shape index (κ1) is 9.71. The number of halogens is 1. The highest BCUT2D eigenvalue weighted by molar-refractivity contribution is 6.29. The Morgan fingerprint density at radius 2 is 2.07 bits per heavy atom. The van der Waals surface area contributed by atoms with Gasteiger partial charge in [0.05, 0.1) is 0 Å². The molecule has 1 fully saturated rings. The summed E-state index contributed by atoms with van der Waals surface area (Å²) < 4.78 is 0. The van der Waals surface area contributed by atoms with Crippen molar-refractivity contribution in [3.05, 3.63) is 17.4 Å². The van der Waals surface area contributed by atoms with Gasteiger partial charge in [0, 0.05) is 12.2 Å². The van der Waals surface area contributed by atoms with Crippen LogP contribution in [0.25, 0.3) is 0 Å². The molecule has 1 saturated carbocycles. The fourth-order valence-electron chi connectivity index (χ4n) is 1.84.